The Labute approximate surface area is 105 Å². The number of carbonyl (C=O) groups is 1. The normalized spacial score (nSPS) is 12.4. The highest BCUT2D eigenvalue weighted by Gasteiger charge is 2.16. The van der Waals surface area contributed by atoms with Gasteiger partial charge in [0.1, 0.15) is 0 Å². The molecule has 2 nitrogen and oxygen atoms in total. The SMILES string of the molecule is C/C(=C\C(=O)C[Si](C)(C)C)Nc1ccccc1. The molecule has 1 rings (SSSR count). The molecule has 1 N–H and O–H groups in total. The first-order valence-electron chi connectivity index (χ1n) is 5.90. The number of anilines is 1. The fraction of sp³-hybridized carbons (Fsp3) is 0.357. The molecule has 1 aromatic rings. The molecule has 0 aliphatic rings. The highest BCUT2D eigenvalue weighted by molar-refractivity contribution is 6.79. The third-order valence-corrected chi connectivity index (χ3v) is 3.61. The Morgan fingerprint density at radius 1 is 1.24 bits per heavy atom. The van der Waals surface area contributed by atoms with Crippen molar-refractivity contribution < 1.29 is 4.79 Å². The van der Waals surface area contributed by atoms with Crippen LogP contribution in [0.15, 0.2) is 42.1 Å². The highest BCUT2D eigenvalue weighted by atomic mass is 28.3. The molecule has 0 radical (unpaired) electrons. The Balaban J connectivity index is 2.58. The maximum Gasteiger partial charge on any atom is 0.154 e. The number of carbonyl (C=O) groups excluding carboxylic acids is 1. The van der Waals surface area contributed by atoms with Gasteiger partial charge >= 0.3 is 0 Å². The average molecular weight is 247 g/mol. The summed E-state index contributed by atoms with van der Waals surface area (Å²) in [5, 5.41) is 3.21. The Hall–Kier alpha value is -1.35. The van der Waals surface area contributed by atoms with Crippen LogP contribution in [0.2, 0.25) is 25.7 Å². The summed E-state index contributed by atoms with van der Waals surface area (Å²) in [6, 6.07) is 10.6. The van der Waals surface area contributed by atoms with Gasteiger partial charge in [0.15, 0.2) is 5.78 Å². The first kappa shape index (κ1) is 13.7. The molecule has 0 amide bonds. The second-order valence-electron chi connectivity index (χ2n) is 5.52. The minimum Gasteiger partial charge on any atom is -0.359 e. The lowest BCUT2D eigenvalue weighted by atomic mass is 10.3. The van der Waals surface area contributed by atoms with Crippen LogP contribution in [-0.2, 0) is 4.79 Å². The van der Waals surface area contributed by atoms with Crippen LogP contribution in [0.4, 0.5) is 5.69 Å². The van der Waals surface area contributed by atoms with Gasteiger partial charge in [-0.1, -0.05) is 37.8 Å². The topological polar surface area (TPSA) is 29.1 Å². The fourth-order valence-electron chi connectivity index (χ4n) is 1.60. The van der Waals surface area contributed by atoms with Crippen LogP contribution in [0, 0.1) is 0 Å². The van der Waals surface area contributed by atoms with Crippen LogP contribution < -0.4 is 5.32 Å². The number of allylic oxidation sites excluding steroid dienone is 2. The third kappa shape index (κ3) is 6.07. The van der Waals surface area contributed by atoms with Crippen molar-refractivity contribution in [2.75, 3.05) is 5.32 Å². The Kier molecular flexibility index (Phi) is 4.69. The van der Waals surface area contributed by atoms with E-state index in [-0.39, 0.29) is 5.78 Å². The molecule has 0 fully saturated rings. The van der Waals surface area contributed by atoms with Gasteiger partial charge in [-0.3, -0.25) is 4.79 Å². The molecule has 0 aliphatic heterocycles. The van der Waals surface area contributed by atoms with Crippen LogP contribution in [0.1, 0.15) is 6.92 Å². The standard InChI is InChI=1S/C14H21NOSi/c1-12(10-14(16)11-17(2,3)4)15-13-8-6-5-7-9-13/h5-10,15H,11H2,1-4H3/b12-10+. The predicted molar refractivity (Wildman–Crippen MR) is 77.0 cm³/mol. The summed E-state index contributed by atoms with van der Waals surface area (Å²) < 4.78 is 0. The maximum absolute atomic E-state index is 11.8. The highest BCUT2D eigenvalue weighted by Crippen LogP contribution is 2.12. The zero-order valence-corrected chi connectivity index (χ0v) is 12.1. The first-order valence-corrected chi connectivity index (χ1v) is 9.61. The van der Waals surface area contributed by atoms with E-state index in [2.05, 4.69) is 25.0 Å². The van der Waals surface area contributed by atoms with Crippen LogP contribution >= 0.6 is 0 Å². The van der Waals surface area contributed by atoms with Crippen molar-refractivity contribution in [3.8, 4) is 0 Å². The van der Waals surface area contributed by atoms with Crippen molar-refractivity contribution >= 4 is 19.5 Å². The van der Waals surface area contributed by atoms with Crippen LogP contribution in [0.5, 0.6) is 0 Å². The third-order valence-electron chi connectivity index (χ3n) is 2.20. The number of ketones is 1. The molecule has 0 bridgehead atoms. The van der Waals surface area contributed by atoms with E-state index in [0.717, 1.165) is 11.4 Å². The predicted octanol–water partition coefficient (Wildman–Crippen LogP) is 3.91. The molecule has 3 heteroatoms. The molecule has 0 atom stereocenters. The van der Waals surface area contributed by atoms with Crippen LogP contribution in [0.25, 0.3) is 0 Å². The maximum atomic E-state index is 11.8. The first-order chi connectivity index (χ1) is 7.87. The van der Waals surface area contributed by atoms with Crippen molar-refractivity contribution in [3.63, 3.8) is 0 Å². The van der Waals surface area contributed by atoms with E-state index >= 15 is 0 Å². The van der Waals surface area contributed by atoms with E-state index in [1.165, 1.54) is 0 Å². The molecule has 0 saturated heterocycles. The van der Waals surface area contributed by atoms with Crippen molar-refractivity contribution in [1.29, 1.82) is 0 Å². The minimum atomic E-state index is -1.30. The molecule has 0 spiro atoms. The van der Waals surface area contributed by atoms with Gasteiger partial charge in [0.25, 0.3) is 0 Å². The Bertz CT molecular complexity index is 404. The zero-order valence-electron chi connectivity index (χ0n) is 11.1. The van der Waals surface area contributed by atoms with E-state index in [4.69, 9.17) is 0 Å². The van der Waals surface area contributed by atoms with Gasteiger partial charge in [0.2, 0.25) is 0 Å². The van der Waals surface area contributed by atoms with Gasteiger partial charge in [-0.15, -0.1) is 0 Å². The van der Waals surface area contributed by atoms with E-state index in [1.807, 2.05) is 37.3 Å². The van der Waals surface area contributed by atoms with Gasteiger partial charge in [-0.2, -0.15) is 0 Å². The van der Waals surface area contributed by atoms with E-state index in [1.54, 1.807) is 6.08 Å². The van der Waals surface area contributed by atoms with Crippen molar-refractivity contribution in [3.05, 3.63) is 42.1 Å². The molecule has 0 heterocycles. The number of hydrogen-bond donors (Lipinski definition) is 1. The Morgan fingerprint density at radius 2 is 1.82 bits per heavy atom. The number of para-hydroxylation sites is 1. The molecule has 0 saturated carbocycles. The lowest BCUT2D eigenvalue weighted by Crippen LogP contribution is -2.23. The lowest BCUT2D eigenvalue weighted by Gasteiger charge is -2.13. The summed E-state index contributed by atoms with van der Waals surface area (Å²) in [4.78, 5) is 11.8. The second kappa shape index (κ2) is 5.82. The zero-order chi connectivity index (χ0) is 12.9. The van der Waals surface area contributed by atoms with Gasteiger partial charge in [-0.05, 0) is 25.1 Å². The van der Waals surface area contributed by atoms with Crippen molar-refractivity contribution in [2.24, 2.45) is 0 Å². The van der Waals surface area contributed by atoms with E-state index in [0.29, 0.717) is 6.04 Å². The van der Waals surface area contributed by atoms with Crippen molar-refractivity contribution in [2.45, 2.75) is 32.6 Å². The molecule has 0 aromatic heterocycles. The largest absolute Gasteiger partial charge is 0.359 e. The summed E-state index contributed by atoms with van der Waals surface area (Å²) in [6.07, 6.45) is 1.71. The number of benzene rings is 1. The monoisotopic (exact) mass is 247 g/mol. The molecule has 92 valence electrons. The number of nitrogens with one attached hydrogen (secondary N) is 1. The van der Waals surface area contributed by atoms with E-state index in [9.17, 15) is 4.79 Å². The molecule has 0 aliphatic carbocycles. The lowest BCUT2D eigenvalue weighted by molar-refractivity contribution is -0.112. The fourth-order valence-corrected chi connectivity index (χ4v) is 2.75. The summed E-state index contributed by atoms with van der Waals surface area (Å²) >= 11 is 0. The Morgan fingerprint density at radius 3 is 2.35 bits per heavy atom. The average Bonchev–Trinajstić information content (AvgIpc) is 2.15. The van der Waals surface area contributed by atoms with Gasteiger partial charge in [-0.25, -0.2) is 0 Å². The van der Waals surface area contributed by atoms with Crippen LogP contribution in [0.3, 0.4) is 0 Å². The molecular formula is C14H21NOSi. The minimum absolute atomic E-state index is 0.227. The van der Waals surface area contributed by atoms with Crippen molar-refractivity contribution in [1.82, 2.24) is 0 Å². The molecule has 1 aromatic carbocycles. The number of hydrogen-bond acceptors (Lipinski definition) is 2. The number of rotatable bonds is 5. The van der Waals surface area contributed by atoms with Gasteiger partial charge in [0, 0.05) is 17.4 Å². The second-order valence-corrected chi connectivity index (χ2v) is 11.0. The van der Waals surface area contributed by atoms with Crippen LogP contribution in [-0.4, -0.2) is 13.9 Å². The molecule has 17 heavy (non-hydrogen) atoms. The smallest absolute Gasteiger partial charge is 0.154 e. The summed E-state index contributed by atoms with van der Waals surface area (Å²) in [5.74, 6) is 0.227. The quantitative estimate of drug-likeness (QED) is 0.631. The molecular weight excluding hydrogens is 226 g/mol. The van der Waals surface area contributed by atoms with E-state index < -0.39 is 8.07 Å². The summed E-state index contributed by atoms with van der Waals surface area (Å²) in [5.41, 5.74) is 1.92. The van der Waals surface area contributed by atoms with Gasteiger partial charge in [0.05, 0.1) is 8.07 Å². The summed E-state index contributed by atoms with van der Waals surface area (Å²) in [6.45, 7) is 8.55. The summed E-state index contributed by atoms with van der Waals surface area (Å²) in [7, 11) is -1.30. The molecule has 0 unspecified atom stereocenters. The van der Waals surface area contributed by atoms with Gasteiger partial charge < -0.3 is 5.32 Å².